The van der Waals surface area contributed by atoms with Gasteiger partial charge < -0.3 is 24.8 Å². The van der Waals surface area contributed by atoms with Crippen molar-refractivity contribution in [2.24, 2.45) is 5.73 Å². The Morgan fingerprint density at radius 1 is 0.673 bits per heavy atom. The van der Waals surface area contributed by atoms with Crippen LogP contribution in [0, 0.1) is 0 Å². The van der Waals surface area contributed by atoms with Crippen LogP contribution in [0.25, 0.3) is 0 Å². The molecular formula is C41H76NO9P. The van der Waals surface area contributed by atoms with Crippen LogP contribution in [0.2, 0.25) is 0 Å². The third-order valence-corrected chi connectivity index (χ3v) is 10.2. The van der Waals surface area contributed by atoms with Crippen LogP contribution in [0.4, 0.5) is 0 Å². The van der Waals surface area contributed by atoms with E-state index < -0.39 is 32.5 Å². The second-order valence-electron chi connectivity index (χ2n) is 14.2. The molecule has 1 aliphatic rings. The van der Waals surface area contributed by atoms with Gasteiger partial charge in [-0.15, -0.1) is 0 Å². The zero-order valence-electron chi connectivity index (χ0n) is 33.0. The minimum absolute atomic E-state index is 0.0476. The van der Waals surface area contributed by atoms with Crippen molar-refractivity contribution in [3.05, 3.63) is 24.3 Å². The maximum atomic E-state index is 12.6. The van der Waals surface area contributed by atoms with Gasteiger partial charge in [-0.3, -0.25) is 18.6 Å². The number of nitrogens with two attached hydrogens (primary N) is 1. The number of esters is 2. The lowest BCUT2D eigenvalue weighted by Crippen LogP contribution is -2.29. The average Bonchev–Trinajstić information content (AvgIpc) is 3.89. The molecule has 0 aromatic carbocycles. The molecule has 0 aromatic heterocycles. The number of carbonyl (C=O) groups excluding carboxylic acids is 2. The summed E-state index contributed by atoms with van der Waals surface area (Å²) in [5, 5.41) is 0. The van der Waals surface area contributed by atoms with Gasteiger partial charge in [0, 0.05) is 19.4 Å². The molecule has 1 aliphatic heterocycles. The fourth-order valence-corrected chi connectivity index (χ4v) is 6.75. The van der Waals surface area contributed by atoms with Gasteiger partial charge in [-0.1, -0.05) is 128 Å². The summed E-state index contributed by atoms with van der Waals surface area (Å²) in [6, 6.07) is 0. The molecule has 0 spiro atoms. The molecule has 10 nitrogen and oxygen atoms in total. The molecular weight excluding hydrogens is 681 g/mol. The predicted octanol–water partition coefficient (Wildman–Crippen LogP) is 10.6. The highest BCUT2D eigenvalue weighted by Gasteiger charge is 2.36. The molecule has 304 valence electrons. The maximum absolute atomic E-state index is 12.6. The summed E-state index contributed by atoms with van der Waals surface area (Å²) in [4.78, 5) is 34.8. The standard InChI is InChI=1S/C41H76NO9P/c1-3-5-7-9-11-12-13-14-15-16-17-18-19-23-27-31-40(43)47-35-37(36-49-52(45,46)48-34-33-42)50-41(44)32-28-24-20-22-26-30-39-38(51-39)29-25-21-10-8-6-4-2/h14-15,21,25,37-39H,3-13,16-20,22-24,26-36,42H2,1-2H3,(H,45,46)/b15-14-,25-21-/t37-,38?,39?/m1/s1. The van der Waals surface area contributed by atoms with Crippen molar-refractivity contribution in [2.45, 2.75) is 199 Å². The highest BCUT2D eigenvalue weighted by atomic mass is 31.2. The number of carbonyl (C=O) groups is 2. The Morgan fingerprint density at radius 2 is 1.19 bits per heavy atom. The zero-order chi connectivity index (χ0) is 38.0. The van der Waals surface area contributed by atoms with Gasteiger partial charge >= 0.3 is 19.8 Å². The van der Waals surface area contributed by atoms with Crippen molar-refractivity contribution in [1.29, 1.82) is 0 Å². The molecule has 0 radical (unpaired) electrons. The first kappa shape index (κ1) is 48.5. The van der Waals surface area contributed by atoms with E-state index in [1.54, 1.807) is 0 Å². The number of hydrogen-bond acceptors (Lipinski definition) is 9. The van der Waals surface area contributed by atoms with E-state index >= 15 is 0 Å². The van der Waals surface area contributed by atoms with Gasteiger partial charge in [0.25, 0.3) is 0 Å². The van der Waals surface area contributed by atoms with Crippen molar-refractivity contribution in [3.8, 4) is 0 Å². The Bertz CT molecular complexity index is 976. The number of ether oxygens (including phenoxy) is 3. The third-order valence-electron chi connectivity index (χ3n) is 9.23. The van der Waals surface area contributed by atoms with Crippen molar-refractivity contribution < 1.29 is 42.3 Å². The third kappa shape index (κ3) is 30.9. The number of unbranched alkanes of at least 4 members (excludes halogenated alkanes) is 18. The number of phosphoric acid groups is 1. The number of epoxide rings is 1. The Balaban J connectivity index is 2.20. The second kappa shape index (κ2) is 34.0. The Morgan fingerprint density at radius 3 is 1.83 bits per heavy atom. The van der Waals surface area contributed by atoms with Crippen LogP contribution in [-0.2, 0) is 37.4 Å². The molecule has 0 aromatic rings. The van der Waals surface area contributed by atoms with Crippen LogP contribution >= 0.6 is 7.82 Å². The largest absolute Gasteiger partial charge is 0.472 e. The minimum Gasteiger partial charge on any atom is -0.462 e. The first-order valence-corrected chi connectivity index (χ1v) is 22.4. The molecule has 3 N–H and O–H groups in total. The van der Waals surface area contributed by atoms with Crippen molar-refractivity contribution in [1.82, 2.24) is 0 Å². The fourth-order valence-electron chi connectivity index (χ4n) is 5.99. The predicted molar refractivity (Wildman–Crippen MR) is 210 cm³/mol. The van der Waals surface area contributed by atoms with E-state index in [1.165, 1.54) is 64.2 Å². The first-order valence-electron chi connectivity index (χ1n) is 20.9. The zero-order valence-corrected chi connectivity index (χ0v) is 33.9. The van der Waals surface area contributed by atoms with Crippen LogP contribution in [0.3, 0.4) is 0 Å². The molecule has 4 atom stereocenters. The molecule has 0 amide bonds. The number of phosphoric ester groups is 1. The second-order valence-corrected chi connectivity index (χ2v) is 15.7. The van der Waals surface area contributed by atoms with Gasteiger partial charge in [0.1, 0.15) is 6.61 Å². The number of hydrogen-bond donors (Lipinski definition) is 2. The average molecular weight is 758 g/mol. The lowest BCUT2D eigenvalue weighted by atomic mass is 10.1. The highest BCUT2D eigenvalue weighted by Crippen LogP contribution is 2.43. The highest BCUT2D eigenvalue weighted by molar-refractivity contribution is 7.47. The topological polar surface area (TPSA) is 147 Å². The molecule has 1 heterocycles. The molecule has 0 bridgehead atoms. The molecule has 3 unspecified atom stereocenters. The summed E-state index contributed by atoms with van der Waals surface area (Å²) in [5.74, 6) is -0.860. The van der Waals surface area contributed by atoms with Gasteiger partial charge in [-0.25, -0.2) is 4.57 Å². The Kier molecular flexibility index (Phi) is 31.7. The molecule has 0 aliphatic carbocycles. The van der Waals surface area contributed by atoms with Gasteiger partial charge in [0.15, 0.2) is 6.10 Å². The van der Waals surface area contributed by atoms with Crippen LogP contribution in [-0.4, -0.2) is 61.5 Å². The van der Waals surface area contributed by atoms with Crippen molar-refractivity contribution in [2.75, 3.05) is 26.4 Å². The molecule has 0 saturated carbocycles. The monoisotopic (exact) mass is 758 g/mol. The molecule has 1 saturated heterocycles. The number of allylic oxidation sites excluding steroid dienone is 3. The SMILES string of the molecule is CCCCC/C=C\CC1OC1CCCCCCCC(=O)O[C@H](COC(=O)CCCCCCC/C=C\CCCCCCCC)COP(=O)(O)OCCN. The van der Waals surface area contributed by atoms with Crippen LogP contribution in [0.1, 0.15) is 181 Å². The summed E-state index contributed by atoms with van der Waals surface area (Å²) in [5.41, 5.74) is 5.34. The van der Waals surface area contributed by atoms with Crippen molar-refractivity contribution >= 4 is 19.8 Å². The Labute approximate surface area is 317 Å². The van der Waals surface area contributed by atoms with Gasteiger partial charge in [-0.2, -0.15) is 0 Å². The van der Waals surface area contributed by atoms with Crippen LogP contribution < -0.4 is 5.73 Å². The summed E-state index contributed by atoms with van der Waals surface area (Å²) in [7, 11) is -4.38. The van der Waals surface area contributed by atoms with Crippen molar-refractivity contribution in [3.63, 3.8) is 0 Å². The van der Waals surface area contributed by atoms with Gasteiger partial charge in [0.05, 0.1) is 25.4 Å². The van der Waals surface area contributed by atoms with E-state index in [9.17, 15) is 19.0 Å². The first-order chi connectivity index (χ1) is 25.3. The van der Waals surface area contributed by atoms with Gasteiger partial charge in [-0.05, 0) is 64.2 Å². The summed E-state index contributed by atoms with van der Waals surface area (Å²) in [6.45, 7) is 3.66. The van der Waals surface area contributed by atoms with E-state index in [1.807, 2.05) is 0 Å². The molecule has 11 heteroatoms. The van der Waals surface area contributed by atoms with Crippen LogP contribution in [0.5, 0.6) is 0 Å². The summed E-state index contributed by atoms with van der Waals surface area (Å²) in [6.07, 6.45) is 36.5. The normalized spacial score (nSPS) is 17.5. The maximum Gasteiger partial charge on any atom is 0.472 e. The molecule has 1 rings (SSSR count). The van der Waals surface area contributed by atoms with E-state index in [0.717, 1.165) is 83.5 Å². The van der Waals surface area contributed by atoms with E-state index in [0.29, 0.717) is 18.6 Å². The lowest BCUT2D eigenvalue weighted by Gasteiger charge is -2.19. The Hall–Kier alpha value is -1.55. The lowest BCUT2D eigenvalue weighted by molar-refractivity contribution is -0.161. The smallest absolute Gasteiger partial charge is 0.462 e. The molecule has 52 heavy (non-hydrogen) atoms. The van der Waals surface area contributed by atoms with Crippen LogP contribution in [0.15, 0.2) is 24.3 Å². The quantitative estimate of drug-likeness (QED) is 0.0205. The summed E-state index contributed by atoms with van der Waals surface area (Å²) < 4.78 is 38.5. The minimum atomic E-state index is -4.38. The fraction of sp³-hybridized carbons (Fsp3) is 0.854. The molecule has 1 fully saturated rings. The van der Waals surface area contributed by atoms with Gasteiger partial charge in [0.2, 0.25) is 0 Å². The van der Waals surface area contributed by atoms with E-state index in [2.05, 4.69) is 38.2 Å². The summed E-state index contributed by atoms with van der Waals surface area (Å²) >= 11 is 0. The van der Waals surface area contributed by atoms with E-state index in [-0.39, 0.29) is 32.6 Å². The van der Waals surface area contributed by atoms with E-state index in [4.69, 9.17) is 29.0 Å². The number of rotatable bonds is 38.